The predicted molar refractivity (Wildman–Crippen MR) is 103 cm³/mol. The lowest BCUT2D eigenvalue weighted by atomic mass is 10.1. The number of carbonyl (C=O) groups excluding carboxylic acids is 1. The number of nitrogens with one attached hydrogen (secondary N) is 1. The van der Waals surface area contributed by atoms with Gasteiger partial charge in [0.25, 0.3) is 0 Å². The Hall–Kier alpha value is -2.60. The highest BCUT2D eigenvalue weighted by atomic mass is 19.1. The molecule has 5 nitrogen and oxygen atoms in total. The number of ether oxygens (including phenoxy) is 2. The molecule has 0 unspecified atom stereocenters. The molecule has 2 aromatic carbocycles. The van der Waals surface area contributed by atoms with Crippen LogP contribution in [0.25, 0.3) is 0 Å². The molecule has 1 fully saturated rings. The van der Waals surface area contributed by atoms with Gasteiger partial charge in [-0.2, -0.15) is 0 Å². The van der Waals surface area contributed by atoms with E-state index in [9.17, 15) is 9.18 Å². The van der Waals surface area contributed by atoms with Crippen molar-refractivity contribution < 1.29 is 18.7 Å². The Balaban J connectivity index is 1.74. The molecule has 0 radical (unpaired) electrons. The van der Waals surface area contributed by atoms with E-state index >= 15 is 0 Å². The first-order valence-corrected chi connectivity index (χ1v) is 9.05. The van der Waals surface area contributed by atoms with Gasteiger partial charge in [0.15, 0.2) is 0 Å². The summed E-state index contributed by atoms with van der Waals surface area (Å²) in [5.41, 5.74) is 1.16. The lowest BCUT2D eigenvalue weighted by molar-refractivity contribution is -0.118. The molecule has 27 heavy (non-hydrogen) atoms. The summed E-state index contributed by atoms with van der Waals surface area (Å²) in [5.74, 6) is 0.774. The summed E-state index contributed by atoms with van der Waals surface area (Å²) in [6, 6.07) is 12.1. The van der Waals surface area contributed by atoms with Crippen LogP contribution < -0.4 is 14.8 Å². The lowest BCUT2D eigenvalue weighted by Crippen LogP contribution is -2.37. The smallest absolute Gasteiger partial charge is 0.238 e. The molecule has 1 aliphatic rings. The number of carbonyl (C=O) groups is 1. The van der Waals surface area contributed by atoms with E-state index in [0.717, 1.165) is 12.8 Å². The SMILES string of the molecule is COc1ccc(OC)c(NC(=O)CN(C2CC2)[C@@H](C)c2ccccc2F)c1. The van der Waals surface area contributed by atoms with Crippen molar-refractivity contribution >= 4 is 11.6 Å². The molecule has 2 aromatic rings. The quantitative estimate of drug-likeness (QED) is 0.761. The topological polar surface area (TPSA) is 50.8 Å². The average molecular weight is 372 g/mol. The molecule has 1 aliphatic carbocycles. The molecule has 3 rings (SSSR count). The van der Waals surface area contributed by atoms with Crippen molar-refractivity contribution in [3.63, 3.8) is 0 Å². The van der Waals surface area contributed by atoms with E-state index < -0.39 is 0 Å². The van der Waals surface area contributed by atoms with Crippen molar-refractivity contribution in [3.05, 3.63) is 53.8 Å². The fourth-order valence-electron chi connectivity index (χ4n) is 3.25. The number of rotatable bonds is 8. The third kappa shape index (κ3) is 4.57. The maximum Gasteiger partial charge on any atom is 0.238 e. The molecule has 0 aliphatic heterocycles. The summed E-state index contributed by atoms with van der Waals surface area (Å²) in [7, 11) is 3.12. The van der Waals surface area contributed by atoms with Crippen molar-refractivity contribution in [3.8, 4) is 11.5 Å². The van der Waals surface area contributed by atoms with Gasteiger partial charge in [0, 0.05) is 23.7 Å². The van der Waals surface area contributed by atoms with Gasteiger partial charge in [0.1, 0.15) is 17.3 Å². The van der Waals surface area contributed by atoms with Crippen LogP contribution in [0.4, 0.5) is 10.1 Å². The number of methoxy groups -OCH3 is 2. The van der Waals surface area contributed by atoms with Crippen LogP contribution in [0.1, 0.15) is 31.4 Å². The summed E-state index contributed by atoms with van der Waals surface area (Å²) in [6.07, 6.45) is 2.04. The van der Waals surface area contributed by atoms with Gasteiger partial charge in [0.2, 0.25) is 5.91 Å². The summed E-state index contributed by atoms with van der Waals surface area (Å²) >= 11 is 0. The Morgan fingerprint density at radius 1 is 1.22 bits per heavy atom. The van der Waals surface area contributed by atoms with Gasteiger partial charge in [-0.25, -0.2) is 4.39 Å². The largest absolute Gasteiger partial charge is 0.497 e. The van der Waals surface area contributed by atoms with E-state index in [1.54, 1.807) is 44.6 Å². The molecule has 0 bridgehead atoms. The fourth-order valence-corrected chi connectivity index (χ4v) is 3.25. The first kappa shape index (κ1) is 19.2. The molecule has 1 amide bonds. The summed E-state index contributed by atoms with van der Waals surface area (Å²) in [6.45, 7) is 2.12. The Morgan fingerprint density at radius 2 is 1.96 bits per heavy atom. The highest BCUT2D eigenvalue weighted by molar-refractivity contribution is 5.94. The second kappa shape index (κ2) is 8.39. The molecular weight excluding hydrogens is 347 g/mol. The van der Waals surface area contributed by atoms with Gasteiger partial charge in [-0.15, -0.1) is 0 Å². The summed E-state index contributed by atoms with van der Waals surface area (Å²) < 4.78 is 24.7. The number of anilines is 1. The molecule has 0 saturated heterocycles. The van der Waals surface area contributed by atoms with Crippen molar-refractivity contribution in [2.75, 3.05) is 26.1 Å². The number of benzene rings is 2. The van der Waals surface area contributed by atoms with Crippen molar-refractivity contribution in [2.24, 2.45) is 0 Å². The van der Waals surface area contributed by atoms with Crippen LogP contribution in [-0.4, -0.2) is 37.6 Å². The van der Waals surface area contributed by atoms with Gasteiger partial charge in [-0.3, -0.25) is 9.69 Å². The van der Waals surface area contributed by atoms with Crippen LogP contribution in [0.5, 0.6) is 11.5 Å². The normalized spacial score (nSPS) is 14.7. The van der Waals surface area contributed by atoms with Crippen LogP contribution in [-0.2, 0) is 4.79 Å². The molecule has 144 valence electrons. The second-order valence-corrected chi connectivity index (χ2v) is 6.72. The number of hydrogen-bond acceptors (Lipinski definition) is 4. The fraction of sp³-hybridized carbons (Fsp3) is 0.381. The number of amides is 1. The minimum absolute atomic E-state index is 0.170. The highest BCUT2D eigenvalue weighted by Gasteiger charge is 2.34. The minimum Gasteiger partial charge on any atom is -0.497 e. The number of halogens is 1. The Labute approximate surface area is 159 Å². The maximum absolute atomic E-state index is 14.2. The van der Waals surface area contributed by atoms with Crippen LogP contribution in [0.2, 0.25) is 0 Å². The summed E-state index contributed by atoms with van der Waals surface area (Å²) in [4.78, 5) is 14.8. The first-order chi connectivity index (χ1) is 13.0. The van der Waals surface area contributed by atoms with Crippen LogP contribution in [0, 0.1) is 5.82 Å². The van der Waals surface area contributed by atoms with Gasteiger partial charge in [-0.1, -0.05) is 18.2 Å². The Kier molecular flexibility index (Phi) is 5.96. The first-order valence-electron chi connectivity index (χ1n) is 9.05. The molecule has 6 heteroatoms. The zero-order chi connectivity index (χ0) is 19.4. The summed E-state index contributed by atoms with van der Waals surface area (Å²) in [5, 5.41) is 2.89. The maximum atomic E-state index is 14.2. The number of hydrogen-bond donors (Lipinski definition) is 1. The van der Waals surface area contributed by atoms with Crippen LogP contribution in [0.3, 0.4) is 0 Å². The van der Waals surface area contributed by atoms with Crippen molar-refractivity contribution in [1.82, 2.24) is 4.90 Å². The zero-order valence-corrected chi connectivity index (χ0v) is 15.9. The monoisotopic (exact) mass is 372 g/mol. The van der Waals surface area contributed by atoms with Crippen molar-refractivity contribution in [1.29, 1.82) is 0 Å². The van der Waals surface area contributed by atoms with Gasteiger partial charge in [-0.05, 0) is 38.0 Å². The standard InChI is InChI=1S/C21H25FN2O3/c1-14(17-6-4-5-7-18(17)22)24(15-8-9-15)13-21(25)23-19-12-16(26-2)10-11-20(19)27-3/h4-7,10-12,14-15H,8-9,13H2,1-3H3,(H,23,25)/t14-/m0/s1. The van der Waals surface area contributed by atoms with Crippen LogP contribution in [0.15, 0.2) is 42.5 Å². The van der Waals surface area contributed by atoms with E-state index in [0.29, 0.717) is 28.8 Å². The second-order valence-electron chi connectivity index (χ2n) is 6.72. The van der Waals surface area contributed by atoms with E-state index in [-0.39, 0.29) is 24.3 Å². The minimum atomic E-state index is -0.245. The van der Waals surface area contributed by atoms with Gasteiger partial charge >= 0.3 is 0 Å². The molecular formula is C21H25FN2O3. The van der Waals surface area contributed by atoms with E-state index in [1.807, 2.05) is 13.0 Å². The molecule has 0 heterocycles. The van der Waals surface area contributed by atoms with E-state index in [4.69, 9.17) is 9.47 Å². The average Bonchev–Trinajstić information content (AvgIpc) is 3.51. The third-order valence-electron chi connectivity index (χ3n) is 4.88. The molecule has 1 N–H and O–H groups in total. The van der Waals surface area contributed by atoms with Crippen LogP contribution >= 0.6 is 0 Å². The Bertz CT molecular complexity index is 808. The highest BCUT2D eigenvalue weighted by Crippen LogP contribution is 2.35. The van der Waals surface area contributed by atoms with E-state index in [2.05, 4.69) is 10.2 Å². The lowest BCUT2D eigenvalue weighted by Gasteiger charge is -2.29. The number of nitrogens with zero attached hydrogens (tertiary/aromatic N) is 1. The molecule has 0 spiro atoms. The van der Waals surface area contributed by atoms with E-state index in [1.165, 1.54) is 6.07 Å². The molecule has 1 saturated carbocycles. The van der Waals surface area contributed by atoms with Gasteiger partial charge in [0.05, 0.1) is 26.5 Å². The third-order valence-corrected chi connectivity index (χ3v) is 4.88. The predicted octanol–water partition coefficient (Wildman–Crippen LogP) is 4.01. The molecule has 1 atom stereocenters. The Morgan fingerprint density at radius 3 is 2.59 bits per heavy atom. The zero-order valence-electron chi connectivity index (χ0n) is 15.9. The molecule has 0 aromatic heterocycles. The van der Waals surface area contributed by atoms with Gasteiger partial charge < -0.3 is 14.8 Å². The van der Waals surface area contributed by atoms with Crippen molar-refractivity contribution in [2.45, 2.75) is 31.8 Å².